The van der Waals surface area contributed by atoms with Crippen molar-refractivity contribution >= 4 is 22.6 Å². The number of hydrogen-bond donors (Lipinski definition) is 1. The topological polar surface area (TPSA) is 57.6 Å². The van der Waals surface area contributed by atoms with Crippen molar-refractivity contribution in [3.8, 4) is 0 Å². The minimum absolute atomic E-state index is 0.0395. The number of carbonyl (C=O) groups is 2. The van der Waals surface area contributed by atoms with Gasteiger partial charge in [-0.2, -0.15) is 0 Å². The summed E-state index contributed by atoms with van der Waals surface area (Å²) in [6.45, 7) is 6.38. The molecule has 4 rings (SSSR count). The highest BCUT2D eigenvalue weighted by Gasteiger charge is 2.53. The van der Waals surface area contributed by atoms with E-state index in [1.807, 2.05) is 24.3 Å². The molecule has 1 aliphatic carbocycles. The number of imide groups is 1. The molecule has 124 valence electrons. The Morgan fingerprint density at radius 1 is 1.04 bits per heavy atom. The number of amides is 2. The maximum atomic E-state index is 12.9. The van der Waals surface area contributed by atoms with Crippen LogP contribution in [0, 0.1) is 17.3 Å². The fourth-order valence-corrected chi connectivity index (χ4v) is 4.02. The highest BCUT2D eigenvalue weighted by Crippen LogP contribution is 2.53. The summed E-state index contributed by atoms with van der Waals surface area (Å²) < 4.78 is 0. The van der Waals surface area contributed by atoms with E-state index in [0.717, 1.165) is 16.7 Å². The molecule has 2 aliphatic rings. The molecule has 0 bridgehead atoms. The summed E-state index contributed by atoms with van der Waals surface area (Å²) in [6.07, 6.45) is -0.217. The third kappa shape index (κ3) is 2.09. The average Bonchev–Trinajstić information content (AvgIpc) is 3.33. The highest BCUT2D eigenvalue weighted by atomic mass is 16.3. The second kappa shape index (κ2) is 4.90. The van der Waals surface area contributed by atoms with E-state index in [0.29, 0.717) is 22.4 Å². The SMILES string of the molecule is CC(C)(C)C1CC1C(O)N1C(=O)c2cccc3cccc(c23)C1=O. The van der Waals surface area contributed by atoms with Gasteiger partial charge in [-0.05, 0) is 35.3 Å². The monoisotopic (exact) mass is 323 g/mol. The quantitative estimate of drug-likeness (QED) is 0.861. The van der Waals surface area contributed by atoms with Crippen LogP contribution in [0.3, 0.4) is 0 Å². The molecule has 1 N–H and O–H groups in total. The van der Waals surface area contributed by atoms with Gasteiger partial charge in [0.2, 0.25) is 0 Å². The Labute approximate surface area is 141 Å². The van der Waals surface area contributed by atoms with E-state index in [1.54, 1.807) is 12.1 Å². The fourth-order valence-electron chi connectivity index (χ4n) is 4.02. The van der Waals surface area contributed by atoms with E-state index in [1.165, 1.54) is 0 Å². The summed E-state index contributed by atoms with van der Waals surface area (Å²) >= 11 is 0. The summed E-state index contributed by atoms with van der Waals surface area (Å²) in [5, 5.41) is 12.3. The number of carbonyl (C=O) groups excluding carboxylic acids is 2. The second-order valence-corrected chi connectivity index (χ2v) is 7.98. The average molecular weight is 323 g/mol. The third-order valence-electron chi connectivity index (χ3n) is 5.40. The zero-order valence-electron chi connectivity index (χ0n) is 14.1. The Kier molecular flexibility index (Phi) is 3.13. The predicted octanol–water partition coefficient (Wildman–Crippen LogP) is 3.44. The first-order chi connectivity index (χ1) is 11.3. The number of rotatable bonds is 2. The lowest BCUT2D eigenvalue weighted by molar-refractivity contribution is -0.00474. The summed E-state index contributed by atoms with van der Waals surface area (Å²) in [5.74, 6) is -0.504. The van der Waals surface area contributed by atoms with Gasteiger partial charge in [0.1, 0.15) is 6.23 Å². The van der Waals surface area contributed by atoms with Gasteiger partial charge in [0.25, 0.3) is 11.8 Å². The molecule has 24 heavy (non-hydrogen) atoms. The molecule has 3 atom stereocenters. The normalized spacial score (nSPS) is 24.4. The minimum Gasteiger partial charge on any atom is -0.373 e. The summed E-state index contributed by atoms with van der Waals surface area (Å²) in [4.78, 5) is 26.8. The van der Waals surface area contributed by atoms with Gasteiger partial charge in [0, 0.05) is 22.4 Å². The first kappa shape index (κ1) is 15.3. The third-order valence-corrected chi connectivity index (χ3v) is 5.40. The largest absolute Gasteiger partial charge is 0.373 e. The van der Waals surface area contributed by atoms with E-state index in [9.17, 15) is 14.7 Å². The number of nitrogens with zero attached hydrogens (tertiary/aromatic N) is 1. The second-order valence-electron chi connectivity index (χ2n) is 7.98. The molecule has 0 spiro atoms. The van der Waals surface area contributed by atoms with Crippen LogP contribution >= 0.6 is 0 Å². The number of aliphatic hydroxyl groups excluding tert-OH is 1. The molecule has 0 saturated heterocycles. The molecule has 1 heterocycles. The molecule has 2 aromatic carbocycles. The van der Waals surface area contributed by atoms with Gasteiger partial charge >= 0.3 is 0 Å². The van der Waals surface area contributed by atoms with E-state index < -0.39 is 18.0 Å². The standard InChI is InChI=1S/C20H21NO3/c1-20(2,3)15-10-14(15)19(24)21-17(22)12-8-4-6-11-7-5-9-13(16(11)12)18(21)23/h4-9,14-15,19,24H,10H2,1-3H3. The molecule has 1 saturated carbocycles. The lowest BCUT2D eigenvalue weighted by atomic mass is 9.88. The number of hydrogen-bond acceptors (Lipinski definition) is 3. The summed E-state index contributed by atoms with van der Waals surface area (Å²) in [6, 6.07) is 10.9. The van der Waals surface area contributed by atoms with Crippen LogP contribution in [0.1, 0.15) is 47.9 Å². The van der Waals surface area contributed by atoms with E-state index >= 15 is 0 Å². The maximum absolute atomic E-state index is 12.9. The van der Waals surface area contributed by atoms with Gasteiger partial charge in [0.05, 0.1) is 0 Å². The zero-order chi connectivity index (χ0) is 17.2. The van der Waals surface area contributed by atoms with Crippen molar-refractivity contribution in [3.63, 3.8) is 0 Å². The molecular formula is C20H21NO3. The number of benzene rings is 2. The first-order valence-corrected chi connectivity index (χ1v) is 8.38. The van der Waals surface area contributed by atoms with Crippen molar-refractivity contribution in [1.82, 2.24) is 4.90 Å². The van der Waals surface area contributed by atoms with Gasteiger partial charge in [0.15, 0.2) is 0 Å². The van der Waals surface area contributed by atoms with Crippen LogP contribution in [0.5, 0.6) is 0 Å². The van der Waals surface area contributed by atoms with Crippen LogP contribution < -0.4 is 0 Å². The Morgan fingerprint density at radius 3 is 2.04 bits per heavy atom. The Morgan fingerprint density at radius 2 is 1.58 bits per heavy atom. The summed E-state index contributed by atoms with van der Waals surface area (Å²) in [5.41, 5.74) is 1.05. The molecule has 4 nitrogen and oxygen atoms in total. The fraction of sp³-hybridized carbons (Fsp3) is 0.400. The lowest BCUT2D eigenvalue weighted by Crippen LogP contribution is -2.48. The molecule has 1 aliphatic heterocycles. The molecule has 4 heteroatoms. The maximum Gasteiger partial charge on any atom is 0.263 e. The van der Waals surface area contributed by atoms with Gasteiger partial charge in [-0.15, -0.1) is 0 Å². The zero-order valence-corrected chi connectivity index (χ0v) is 14.1. The van der Waals surface area contributed by atoms with Crippen molar-refractivity contribution in [2.75, 3.05) is 0 Å². The van der Waals surface area contributed by atoms with Crippen molar-refractivity contribution in [3.05, 3.63) is 47.5 Å². The molecule has 2 aromatic rings. The molecule has 0 radical (unpaired) electrons. The van der Waals surface area contributed by atoms with Gasteiger partial charge < -0.3 is 5.11 Å². The first-order valence-electron chi connectivity index (χ1n) is 8.38. The van der Waals surface area contributed by atoms with Crippen LogP contribution in [0.2, 0.25) is 0 Å². The van der Waals surface area contributed by atoms with Crippen molar-refractivity contribution < 1.29 is 14.7 Å². The molecule has 3 unspecified atom stereocenters. The predicted molar refractivity (Wildman–Crippen MR) is 91.5 cm³/mol. The molecule has 0 aromatic heterocycles. The molecular weight excluding hydrogens is 302 g/mol. The molecule has 2 amide bonds. The minimum atomic E-state index is -1.06. The smallest absolute Gasteiger partial charge is 0.263 e. The van der Waals surface area contributed by atoms with Crippen LogP contribution in [-0.4, -0.2) is 28.0 Å². The van der Waals surface area contributed by atoms with Crippen molar-refractivity contribution in [1.29, 1.82) is 0 Å². The van der Waals surface area contributed by atoms with E-state index in [-0.39, 0.29) is 11.3 Å². The Balaban J connectivity index is 1.75. The van der Waals surface area contributed by atoms with Crippen molar-refractivity contribution in [2.45, 2.75) is 33.4 Å². The van der Waals surface area contributed by atoms with Crippen LogP contribution in [-0.2, 0) is 0 Å². The lowest BCUT2D eigenvalue weighted by Gasteiger charge is -2.32. The Hall–Kier alpha value is -2.20. The van der Waals surface area contributed by atoms with Crippen LogP contribution in [0.15, 0.2) is 36.4 Å². The van der Waals surface area contributed by atoms with Gasteiger partial charge in [-0.3, -0.25) is 9.59 Å². The highest BCUT2D eigenvalue weighted by molar-refractivity contribution is 6.25. The van der Waals surface area contributed by atoms with Crippen LogP contribution in [0.4, 0.5) is 0 Å². The summed E-state index contributed by atoms with van der Waals surface area (Å²) in [7, 11) is 0. The Bertz CT molecular complexity index is 814. The van der Waals surface area contributed by atoms with Crippen LogP contribution in [0.25, 0.3) is 10.8 Å². The van der Waals surface area contributed by atoms with Crippen molar-refractivity contribution in [2.24, 2.45) is 17.3 Å². The van der Waals surface area contributed by atoms with Gasteiger partial charge in [-0.1, -0.05) is 45.0 Å². The van der Waals surface area contributed by atoms with E-state index in [2.05, 4.69) is 20.8 Å². The van der Waals surface area contributed by atoms with E-state index in [4.69, 9.17) is 0 Å². The number of aliphatic hydroxyl groups is 1. The molecule has 1 fully saturated rings. The van der Waals surface area contributed by atoms with Gasteiger partial charge in [-0.25, -0.2) is 4.90 Å².